The van der Waals surface area contributed by atoms with Gasteiger partial charge in [-0.1, -0.05) is 12.2 Å². The van der Waals surface area contributed by atoms with Crippen LogP contribution in [-0.2, 0) is 31.6 Å². The summed E-state index contributed by atoms with van der Waals surface area (Å²) >= 11 is 9.26. The normalized spacial score (nSPS) is 29.5. The highest BCUT2D eigenvalue weighted by Gasteiger charge is 2.71. The van der Waals surface area contributed by atoms with E-state index < -0.39 is 75.5 Å². The van der Waals surface area contributed by atoms with Crippen LogP contribution in [0.1, 0.15) is 6.23 Å². The number of aliphatic hydroxyl groups excluding tert-OH is 1. The van der Waals surface area contributed by atoms with Gasteiger partial charge in [0.05, 0.1) is 6.61 Å². The molecule has 1 fully saturated rings. The molecule has 0 saturated carbocycles. The Bertz CT molecular complexity index is 1200. The van der Waals surface area contributed by atoms with E-state index in [-0.39, 0.29) is 4.57 Å². The fraction of sp³-hybridized carbons (Fsp3) is 0.600. The molecule has 196 valence electrons. The average Bonchev–Trinajstić information content (AvgIpc) is 2.85. The summed E-state index contributed by atoms with van der Waals surface area (Å²) in [6, 6.07) is 0. The summed E-state index contributed by atoms with van der Waals surface area (Å²) in [7, 11) is -17.5. The number of hydrogen-bond donors (Lipinski definition) is 7. The topological polar surface area (TPSA) is 230 Å². The van der Waals surface area contributed by atoms with Crippen molar-refractivity contribution in [3.05, 3.63) is 21.4 Å². The van der Waals surface area contributed by atoms with Crippen molar-refractivity contribution in [3.63, 3.8) is 0 Å². The molecule has 2 rings (SSSR count). The summed E-state index contributed by atoms with van der Waals surface area (Å²) < 4.78 is 103. The van der Waals surface area contributed by atoms with Gasteiger partial charge >= 0.3 is 29.6 Å². The monoisotopic (exact) mass is 602 g/mol. The number of alkyl halides is 3. The molecule has 2 heterocycles. The molecule has 24 heteroatoms. The van der Waals surface area contributed by atoms with Gasteiger partial charge in [0, 0.05) is 6.20 Å². The minimum atomic E-state index is -5.95. The maximum Gasteiger partial charge on any atom is 0.490 e. The number of aromatic nitrogens is 2. The number of nitrogens with zero attached hydrogens (tertiary/aromatic N) is 1. The zero-order chi connectivity index (χ0) is 26.5. The second-order valence-corrected chi connectivity index (χ2v) is 11.5. The van der Waals surface area contributed by atoms with Gasteiger partial charge in [-0.25, -0.2) is 18.1 Å². The summed E-state index contributed by atoms with van der Waals surface area (Å²) in [5.41, 5.74) is -4.21. The lowest BCUT2D eigenvalue weighted by Crippen LogP contribution is -2.57. The predicted octanol–water partition coefficient (Wildman–Crippen LogP) is 1.31. The van der Waals surface area contributed by atoms with Crippen LogP contribution in [0.5, 0.6) is 0 Å². The molecular weight excluding hydrogens is 589 g/mol. The van der Waals surface area contributed by atoms with E-state index >= 15 is 0 Å². The average molecular weight is 602 g/mol. The van der Waals surface area contributed by atoms with Crippen LogP contribution in [0.15, 0.2) is 6.20 Å². The molecule has 1 aromatic rings. The molecule has 15 nitrogen and oxygen atoms in total. The molecule has 7 N–H and O–H groups in total. The number of phosphoric acid groups is 3. The van der Waals surface area contributed by atoms with E-state index in [2.05, 4.69) is 25.4 Å². The van der Waals surface area contributed by atoms with Crippen molar-refractivity contribution in [2.45, 2.75) is 30.2 Å². The minimum Gasteiger partial charge on any atom is -0.387 e. The predicted molar refractivity (Wildman–Crippen MR) is 101 cm³/mol. The van der Waals surface area contributed by atoms with Gasteiger partial charge in [-0.15, -0.1) is 0 Å². The molecule has 0 bridgehead atoms. The van der Waals surface area contributed by atoms with E-state index in [0.717, 1.165) is 0 Å². The highest BCUT2D eigenvalue weighted by atomic mass is 32.1. The molecule has 6 unspecified atom stereocenters. The summed E-state index contributed by atoms with van der Waals surface area (Å²) in [5, 5.41) is 20.4. The lowest BCUT2D eigenvalue weighted by molar-refractivity contribution is -0.304. The highest BCUT2D eigenvalue weighted by molar-refractivity contribution is 7.72. The van der Waals surface area contributed by atoms with Gasteiger partial charge in [-0.3, -0.25) is 9.09 Å². The molecule has 1 aliphatic rings. The van der Waals surface area contributed by atoms with Gasteiger partial charge < -0.3 is 39.5 Å². The summed E-state index contributed by atoms with van der Waals surface area (Å²) in [5.74, 6) is -1.30. The molecular formula is C10H13F4N2O13P3S2. The number of ether oxygens (including phenoxy) is 1. The second-order valence-electron chi connectivity index (χ2n) is 6.33. The number of nitrogens with one attached hydrogen (secondary N) is 1. The van der Waals surface area contributed by atoms with Crippen LogP contribution in [-0.4, -0.2) is 69.9 Å². The third kappa shape index (κ3) is 6.64. The molecule has 34 heavy (non-hydrogen) atoms. The number of H-pyrrole nitrogens is 1. The number of hydrogen-bond acceptors (Lipinski definition) is 11. The van der Waals surface area contributed by atoms with Crippen LogP contribution in [0, 0.1) is 15.2 Å². The molecule has 0 aliphatic carbocycles. The Kier molecular flexibility index (Phi) is 8.55. The number of aromatic amines is 1. The molecule has 0 amide bonds. The van der Waals surface area contributed by atoms with E-state index in [0.29, 0.717) is 6.20 Å². The van der Waals surface area contributed by atoms with Crippen LogP contribution in [0.4, 0.5) is 17.6 Å². The van der Waals surface area contributed by atoms with Gasteiger partial charge in [0.15, 0.2) is 16.8 Å². The molecule has 1 aromatic heterocycles. The van der Waals surface area contributed by atoms with Gasteiger partial charge in [0.2, 0.25) is 5.60 Å². The Labute approximate surface area is 195 Å². The first-order valence-electron chi connectivity index (χ1n) is 8.01. The van der Waals surface area contributed by atoms with Gasteiger partial charge in [0.1, 0.15) is 16.8 Å². The van der Waals surface area contributed by atoms with Crippen molar-refractivity contribution in [3.8, 4) is 0 Å². The van der Waals surface area contributed by atoms with E-state index in [1.165, 1.54) is 0 Å². The fourth-order valence-electron chi connectivity index (χ4n) is 2.59. The first-order valence-corrected chi connectivity index (χ1v) is 13.4. The van der Waals surface area contributed by atoms with Crippen molar-refractivity contribution in [2.24, 2.45) is 0 Å². The maximum absolute atomic E-state index is 13.8. The SMILES string of the molecule is O=P(O)(O)OP(=O)(O)OP(=O)(O)OCC1OC(n2cc(F)c(=S)[nH]c2=S)C(O)(C(F)(F)F)C1O. The van der Waals surface area contributed by atoms with Crippen molar-refractivity contribution in [1.82, 2.24) is 9.55 Å². The van der Waals surface area contributed by atoms with E-state index in [1.54, 1.807) is 0 Å². The Morgan fingerprint density at radius 1 is 1.15 bits per heavy atom. The van der Waals surface area contributed by atoms with Crippen LogP contribution < -0.4 is 0 Å². The smallest absolute Gasteiger partial charge is 0.387 e. The molecule has 0 aromatic carbocycles. The molecule has 1 saturated heterocycles. The van der Waals surface area contributed by atoms with Gasteiger partial charge in [-0.2, -0.15) is 21.8 Å². The van der Waals surface area contributed by atoms with E-state index in [9.17, 15) is 46.4 Å². The largest absolute Gasteiger partial charge is 0.490 e. The Morgan fingerprint density at radius 3 is 2.21 bits per heavy atom. The maximum atomic E-state index is 13.8. The lowest BCUT2D eigenvalue weighted by atomic mass is 9.93. The number of halogens is 4. The van der Waals surface area contributed by atoms with Crippen molar-refractivity contribution < 1.29 is 78.9 Å². The number of rotatable bonds is 8. The van der Waals surface area contributed by atoms with Crippen LogP contribution in [0.3, 0.4) is 0 Å². The molecule has 0 radical (unpaired) electrons. The van der Waals surface area contributed by atoms with Crippen LogP contribution >= 0.6 is 47.9 Å². The van der Waals surface area contributed by atoms with E-state index in [4.69, 9.17) is 31.6 Å². The molecule has 6 atom stereocenters. The standard InChI is InChI=1S/C10H13F4N2O13P3S2/c11-3-1-16(8(34)15-6(3)33)7-9(18,10(12,13)14)5(17)4(27-7)2-26-31(22,23)29-32(24,25)28-30(19,20)21/h1,4-5,7,17-18H,2H2,(H,22,23)(H,24,25)(H,15,33,34)(H2,19,20,21). The third-order valence-corrected chi connectivity index (χ3v) is 8.34. The minimum absolute atomic E-state index is 0.210. The molecule has 1 aliphatic heterocycles. The zero-order valence-electron chi connectivity index (χ0n) is 15.7. The summed E-state index contributed by atoms with van der Waals surface area (Å²) in [6.07, 6.45) is -13.4. The van der Waals surface area contributed by atoms with Gasteiger partial charge in [-0.05, 0) is 12.2 Å². The Hall–Kier alpha value is -0.470. The Morgan fingerprint density at radius 2 is 1.71 bits per heavy atom. The van der Waals surface area contributed by atoms with Crippen LogP contribution in [0.25, 0.3) is 0 Å². The Balaban J connectivity index is 2.33. The summed E-state index contributed by atoms with van der Waals surface area (Å²) in [4.78, 5) is 37.4. The van der Waals surface area contributed by atoms with Crippen molar-refractivity contribution >= 4 is 47.9 Å². The summed E-state index contributed by atoms with van der Waals surface area (Å²) in [6.45, 7) is -1.56. The van der Waals surface area contributed by atoms with Crippen molar-refractivity contribution in [2.75, 3.05) is 6.61 Å². The van der Waals surface area contributed by atoms with Crippen molar-refractivity contribution in [1.29, 1.82) is 0 Å². The number of aliphatic hydroxyl groups is 2. The van der Waals surface area contributed by atoms with Crippen LogP contribution in [0.2, 0.25) is 0 Å². The second kappa shape index (κ2) is 9.77. The molecule has 0 spiro atoms. The van der Waals surface area contributed by atoms with Gasteiger partial charge in [0.25, 0.3) is 0 Å². The fourth-order valence-corrected chi connectivity index (χ4v) is 6.09. The van der Waals surface area contributed by atoms with E-state index in [1.807, 2.05) is 4.98 Å². The first kappa shape index (κ1) is 29.8. The first-order chi connectivity index (χ1) is 15.1. The number of phosphoric ester groups is 1. The lowest BCUT2D eigenvalue weighted by Gasteiger charge is -2.33. The zero-order valence-corrected chi connectivity index (χ0v) is 20.0. The quantitative estimate of drug-likeness (QED) is 0.126. The third-order valence-electron chi connectivity index (χ3n) is 3.93. The highest BCUT2D eigenvalue weighted by Crippen LogP contribution is 2.66.